The molecule has 0 atom stereocenters. The summed E-state index contributed by atoms with van der Waals surface area (Å²) in [4.78, 5) is 4.55. The molecule has 1 aromatic heterocycles. The molecule has 2 aliphatic carbocycles. The van der Waals surface area contributed by atoms with Crippen molar-refractivity contribution in [2.45, 2.75) is 50.9 Å². The molecule has 0 spiro atoms. The zero-order chi connectivity index (χ0) is 11.7. The third kappa shape index (κ3) is 2.10. The number of aromatic nitrogens is 2. The lowest BCUT2D eigenvalue weighted by atomic mass is 9.64. The Morgan fingerprint density at radius 3 is 2.29 bits per heavy atom. The predicted octanol–water partition coefficient (Wildman–Crippen LogP) is 2.25. The van der Waals surface area contributed by atoms with E-state index in [2.05, 4.69) is 10.1 Å². The number of rotatable bonds is 5. The minimum Gasteiger partial charge on any atom is -0.339 e. The topological polar surface area (TPSA) is 64.9 Å². The molecule has 1 aromatic rings. The summed E-state index contributed by atoms with van der Waals surface area (Å²) < 4.78 is 5.28. The van der Waals surface area contributed by atoms with Gasteiger partial charge in [-0.05, 0) is 37.5 Å². The Bertz CT molecular complexity index is 354. The molecule has 2 N–H and O–H groups in total. The van der Waals surface area contributed by atoms with Crippen molar-refractivity contribution in [2.24, 2.45) is 17.6 Å². The molecule has 3 rings (SSSR count). The monoisotopic (exact) mass is 235 g/mol. The fraction of sp³-hybridized carbons (Fsp3) is 0.846. The van der Waals surface area contributed by atoms with E-state index in [1.54, 1.807) is 0 Å². The first-order valence-electron chi connectivity index (χ1n) is 6.91. The lowest BCUT2D eigenvalue weighted by Crippen LogP contribution is -2.31. The number of hydrogen-bond acceptors (Lipinski definition) is 4. The Hall–Kier alpha value is -0.900. The third-order valence-electron chi connectivity index (χ3n) is 4.46. The smallest absolute Gasteiger partial charge is 0.227 e. The van der Waals surface area contributed by atoms with Crippen molar-refractivity contribution in [3.8, 4) is 0 Å². The van der Waals surface area contributed by atoms with Gasteiger partial charge in [-0.3, -0.25) is 0 Å². The molecule has 94 valence electrons. The van der Waals surface area contributed by atoms with E-state index in [4.69, 9.17) is 10.3 Å². The van der Waals surface area contributed by atoms with Crippen LogP contribution in [0.15, 0.2) is 4.52 Å². The SMILES string of the molecule is NCCc1nc(C(C2CCC2)C2CCC2)no1. The van der Waals surface area contributed by atoms with Crippen LogP contribution in [-0.2, 0) is 6.42 Å². The van der Waals surface area contributed by atoms with Crippen LogP contribution in [0.1, 0.15) is 56.2 Å². The molecule has 0 aromatic carbocycles. The first-order chi connectivity index (χ1) is 8.38. The predicted molar refractivity (Wildman–Crippen MR) is 64.5 cm³/mol. The van der Waals surface area contributed by atoms with Gasteiger partial charge in [-0.25, -0.2) is 0 Å². The van der Waals surface area contributed by atoms with Crippen molar-refractivity contribution in [3.63, 3.8) is 0 Å². The van der Waals surface area contributed by atoms with Crippen molar-refractivity contribution in [1.82, 2.24) is 10.1 Å². The summed E-state index contributed by atoms with van der Waals surface area (Å²) in [6, 6.07) is 0. The normalized spacial score (nSPS) is 21.5. The summed E-state index contributed by atoms with van der Waals surface area (Å²) in [6.07, 6.45) is 8.85. The molecule has 0 amide bonds. The molecule has 4 nitrogen and oxygen atoms in total. The Kier molecular flexibility index (Phi) is 3.14. The van der Waals surface area contributed by atoms with E-state index < -0.39 is 0 Å². The fourth-order valence-electron chi connectivity index (χ4n) is 3.03. The van der Waals surface area contributed by atoms with Crippen LogP contribution < -0.4 is 5.73 Å². The molecular formula is C13H21N3O. The van der Waals surface area contributed by atoms with Crippen molar-refractivity contribution >= 4 is 0 Å². The second-order valence-electron chi connectivity index (χ2n) is 5.49. The maximum absolute atomic E-state index is 5.51. The average molecular weight is 235 g/mol. The Balaban J connectivity index is 1.75. The molecule has 17 heavy (non-hydrogen) atoms. The van der Waals surface area contributed by atoms with Gasteiger partial charge < -0.3 is 10.3 Å². The van der Waals surface area contributed by atoms with Gasteiger partial charge in [0.1, 0.15) is 0 Å². The molecular weight excluding hydrogens is 214 g/mol. The Labute approximate surface area is 102 Å². The van der Waals surface area contributed by atoms with Gasteiger partial charge in [0.15, 0.2) is 5.82 Å². The van der Waals surface area contributed by atoms with E-state index in [1.807, 2.05) is 0 Å². The quantitative estimate of drug-likeness (QED) is 0.850. The van der Waals surface area contributed by atoms with Gasteiger partial charge in [-0.15, -0.1) is 0 Å². The highest BCUT2D eigenvalue weighted by atomic mass is 16.5. The van der Waals surface area contributed by atoms with E-state index in [-0.39, 0.29) is 0 Å². The van der Waals surface area contributed by atoms with Crippen LogP contribution in [0.2, 0.25) is 0 Å². The summed E-state index contributed by atoms with van der Waals surface area (Å²) in [6.45, 7) is 0.582. The zero-order valence-electron chi connectivity index (χ0n) is 10.3. The third-order valence-corrected chi connectivity index (χ3v) is 4.46. The maximum Gasteiger partial charge on any atom is 0.227 e. The average Bonchev–Trinajstić information content (AvgIpc) is 2.60. The first-order valence-corrected chi connectivity index (χ1v) is 6.91. The van der Waals surface area contributed by atoms with Gasteiger partial charge in [-0.2, -0.15) is 4.98 Å². The number of hydrogen-bond donors (Lipinski definition) is 1. The molecule has 4 heteroatoms. The summed E-state index contributed by atoms with van der Waals surface area (Å²) in [7, 11) is 0. The van der Waals surface area contributed by atoms with Crippen LogP contribution in [0.25, 0.3) is 0 Å². The van der Waals surface area contributed by atoms with Crippen molar-refractivity contribution in [2.75, 3.05) is 6.54 Å². The number of nitrogens with zero attached hydrogens (tertiary/aromatic N) is 2. The summed E-state index contributed by atoms with van der Waals surface area (Å²) >= 11 is 0. The van der Waals surface area contributed by atoms with Crippen LogP contribution in [0.4, 0.5) is 0 Å². The molecule has 0 unspecified atom stereocenters. The van der Waals surface area contributed by atoms with Crippen LogP contribution in [0.3, 0.4) is 0 Å². The van der Waals surface area contributed by atoms with Crippen LogP contribution in [0, 0.1) is 11.8 Å². The van der Waals surface area contributed by atoms with Gasteiger partial charge in [0, 0.05) is 18.9 Å². The molecule has 0 saturated heterocycles. The van der Waals surface area contributed by atoms with Crippen LogP contribution >= 0.6 is 0 Å². The largest absolute Gasteiger partial charge is 0.339 e. The molecule has 0 bridgehead atoms. The minimum atomic E-state index is 0.563. The van der Waals surface area contributed by atoms with Gasteiger partial charge in [0.05, 0.1) is 0 Å². The highest BCUT2D eigenvalue weighted by Crippen LogP contribution is 2.48. The fourth-order valence-corrected chi connectivity index (χ4v) is 3.03. The molecule has 1 heterocycles. The van der Waals surface area contributed by atoms with Crippen molar-refractivity contribution in [1.29, 1.82) is 0 Å². The molecule has 2 saturated carbocycles. The lowest BCUT2D eigenvalue weighted by molar-refractivity contribution is 0.141. The van der Waals surface area contributed by atoms with Crippen LogP contribution in [0.5, 0.6) is 0 Å². The van der Waals surface area contributed by atoms with Crippen molar-refractivity contribution < 1.29 is 4.52 Å². The first kappa shape index (κ1) is 11.2. The van der Waals surface area contributed by atoms with Gasteiger partial charge in [0.2, 0.25) is 5.89 Å². The summed E-state index contributed by atoms with van der Waals surface area (Å²) in [5.41, 5.74) is 5.51. The molecule has 0 radical (unpaired) electrons. The van der Waals surface area contributed by atoms with Gasteiger partial charge in [0.25, 0.3) is 0 Å². The summed E-state index contributed by atoms with van der Waals surface area (Å²) in [5, 5.41) is 4.20. The maximum atomic E-state index is 5.51. The van der Waals surface area contributed by atoms with E-state index in [1.165, 1.54) is 38.5 Å². The highest BCUT2D eigenvalue weighted by molar-refractivity contribution is 5.05. The molecule has 2 aliphatic rings. The van der Waals surface area contributed by atoms with E-state index in [0.29, 0.717) is 24.8 Å². The standard InChI is InChI=1S/C13H21N3O/c14-8-7-11-15-13(16-17-11)12(9-3-1-4-9)10-5-2-6-10/h9-10,12H,1-8,14H2. The van der Waals surface area contributed by atoms with E-state index >= 15 is 0 Å². The van der Waals surface area contributed by atoms with Gasteiger partial charge in [-0.1, -0.05) is 18.0 Å². The Morgan fingerprint density at radius 1 is 1.18 bits per heavy atom. The molecule has 0 aliphatic heterocycles. The summed E-state index contributed by atoms with van der Waals surface area (Å²) in [5.74, 6) is 3.86. The van der Waals surface area contributed by atoms with E-state index in [9.17, 15) is 0 Å². The van der Waals surface area contributed by atoms with Crippen LogP contribution in [-0.4, -0.2) is 16.7 Å². The van der Waals surface area contributed by atoms with Crippen molar-refractivity contribution in [3.05, 3.63) is 11.7 Å². The number of nitrogens with two attached hydrogens (primary N) is 1. The minimum absolute atomic E-state index is 0.563. The zero-order valence-corrected chi connectivity index (χ0v) is 10.3. The van der Waals surface area contributed by atoms with E-state index in [0.717, 1.165) is 17.7 Å². The van der Waals surface area contributed by atoms with Gasteiger partial charge >= 0.3 is 0 Å². The Morgan fingerprint density at radius 2 is 1.82 bits per heavy atom. The highest BCUT2D eigenvalue weighted by Gasteiger charge is 2.39. The second-order valence-corrected chi connectivity index (χ2v) is 5.49. The second kappa shape index (κ2) is 4.77. The lowest BCUT2D eigenvalue weighted by Gasteiger charge is -2.40. The molecule has 2 fully saturated rings.